The van der Waals surface area contributed by atoms with Gasteiger partial charge in [-0.05, 0) is 12.8 Å². The molecule has 2 N–H and O–H groups in total. The van der Waals surface area contributed by atoms with E-state index in [1.807, 2.05) is 0 Å². The Morgan fingerprint density at radius 2 is 1.75 bits per heavy atom. The molecule has 20 heavy (non-hydrogen) atoms. The molecule has 1 fully saturated rings. The van der Waals surface area contributed by atoms with Gasteiger partial charge in [-0.3, -0.25) is 4.72 Å². The molecule has 0 bridgehead atoms. The summed E-state index contributed by atoms with van der Waals surface area (Å²) in [6, 6.07) is 5.43. The molecule has 0 heterocycles. The van der Waals surface area contributed by atoms with Crippen molar-refractivity contribution in [2.75, 3.05) is 31.2 Å². The third-order valence-corrected chi connectivity index (χ3v) is 4.29. The molecule has 112 valence electrons. The second kappa shape index (κ2) is 6.32. The molecule has 7 heteroatoms. The van der Waals surface area contributed by atoms with Gasteiger partial charge >= 0.3 is 0 Å². The molecular weight excluding hydrogens is 280 g/mol. The van der Waals surface area contributed by atoms with E-state index in [1.54, 1.807) is 18.2 Å². The van der Waals surface area contributed by atoms with E-state index in [2.05, 4.69) is 10.0 Å². The first kappa shape index (κ1) is 14.9. The molecule has 1 aromatic carbocycles. The molecule has 0 saturated heterocycles. The maximum Gasteiger partial charge on any atom is 0.233 e. The van der Waals surface area contributed by atoms with E-state index >= 15 is 0 Å². The van der Waals surface area contributed by atoms with Crippen LogP contribution in [0.2, 0.25) is 0 Å². The average Bonchev–Trinajstić information content (AvgIpc) is 3.21. The number of sulfonamides is 1. The van der Waals surface area contributed by atoms with E-state index in [4.69, 9.17) is 9.47 Å². The second-order valence-electron chi connectivity index (χ2n) is 4.75. The highest BCUT2D eigenvalue weighted by Crippen LogP contribution is 2.26. The Bertz CT molecular complexity index is 533. The quantitative estimate of drug-likeness (QED) is 0.754. The molecular formula is C13H20N2O4S. The Balaban J connectivity index is 1.99. The van der Waals surface area contributed by atoms with Gasteiger partial charge in [0.1, 0.15) is 11.5 Å². The van der Waals surface area contributed by atoms with Gasteiger partial charge in [0.2, 0.25) is 10.0 Å². The normalized spacial score (nSPS) is 14.9. The summed E-state index contributed by atoms with van der Waals surface area (Å²) in [5.74, 6) is 1.12. The molecule has 0 unspecified atom stereocenters. The van der Waals surface area contributed by atoms with Gasteiger partial charge in [-0.2, -0.15) is 0 Å². The fourth-order valence-corrected chi connectivity index (χ4v) is 2.75. The summed E-state index contributed by atoms with van der Waals surface area (Å²) in [6.07, 6.45) is 2.28. The first-order valence-corrected chi connectivity index (χ1v) is 8.14. The molecule has 0 amide bonds. The zero-order valence-electron chi connectivity index (χ0n) is 11.7. The topological polar surface area (TPSA) is 76.7 Å². The zero-order chi connectivity index (χ0) is 14.6. The molecule has 0 atom stereocenters. The van der Waals surface area contributed by atoms with Gasteiger partial charge in [0, 0.05) is 30.8 Å². The SMILES string of the molecule is COc1cc(NS(=O)(=O)CCNC2CC2)cc(OC)c1. The number of hydrogen-bond acceptors (Lipinski definition) is 5. The largest absolute Gasteiger partial charge is 0.497 e. The Labute approximate surface area is 119 Å². The standard InChI is InChI=1S/C13H20N2O4S/c1-18-12-7-11(8-13(9-12)19-2)15-20(16,17)6-5-14-10-3-4-10/h7-10,14-15H,3-6H2,1-2H3. The molecule has 1 saturated carbocycles. The molecule has 1 aliphatic carbocycles. The monoisotopic (exact) mass is 300 g/mol. The van der Waals surface area contributed by atoms with Crippen LogP contribution in [0.3, 0.4) is 0 Å². The smallest absolute Gasteiger partial charge is 0.233 e. The van der Waals surface area contributed by atoms with Crippen LogP contribution in [0.5, 0.6) is 11.5 Å². The highest BCUT2D eigenvalue weighted by molar-refractivity contribution is 7.92. The van der Waals surface area contributed by atoms with Gasteiger partial charge in [0.15, 0.2) is 0 Å². The van der Waals surface area contributed by atoms with Gasteiger partial charge in [-0.15, -0.1) is 0 Å². The van der Waals surface area contributed by atoms with Crippen molar-refractivity contribution in [2.45, 2.75) is 18.9 Å². The van der Waals surface area contributed by atoms with Crippen LogP contribution in [-0.2, 0) is 10.0 Å². The van der Waals surface area contributed by atoms with E-state index in [-0.39, 0.29) is 5.75 Å². The van der Waals surface area contributed by atoms with E-state index in [9.17, 15) is 8.42 Å². The molecule has 0 aliphatic heterocycles. The van der Waals surface area contributed by atoms with Crippen molar-refractivity contribution in [1.29, 1.82) is 0 Å². The molecule has 0 spiro atoms. The van der Waals surface area contributed by atoms with Gasteiger partial charge in [0.05, 0.1) is 25.7 Å². The number of hydrogen-bond donors (Lipinski definition) is 2. The third kappa shape index (κ3) is 4.57. The molecule has 1 aromatic rings. The number of benzene rings is 1. The molecule has 1 aliphatic rings. The number of rotatable bonds is 8. The maximum absolute atomic E-state index is 12.0. The van der Waals surface area contributed by atoms with Crippen LogP contribution >= 0.6 is 0 Å². The molecule has 2 rings (SSSR count). The lowest BCUT2D eigenvalue weighted by Gasteiger charge is -2.11. The third-order valence-electron chi connectivity index (χ3n) is 3.01. The number of ether oxygens (including phenoxy) is 2. The van der Waals surface area contributed by atoms with Crippen LogP contribution in [0.4, 0.5) is 5.69 Å². The van der Waals surface area contributed by atoms with E-state index in [0.717, 1.165) is 12.8 Å². The van der Waals surface area contributed by atoms with Crippen LogP contribution in [0, 0.1) is 0 Å². The summed E-state index contributed by atoms with van der Waals surface area (Å²) >= 11 is 0. The summed E-state index contributed by atoms with van der Waals surface area (Å²) in [5.41, 5.74) is 0.438. The zero-order valence-corrected chi connectivity index (χ0v) is 12.5. The lowest BCUT2D eigenvalue weighted by atomic mass is 10.3. The van der Waals surface area contributed by atoms with Crippen LogP contribution < -0.4 is 19.5 Å². The maximum atomic E-state index is 12.0. The highest BCUT2D eigenvalue weighted by Gasteiger charge is 2.21. The summed E-state index contributed by atoms with van der Waals surface area (Å²) in [7, 11) is -0.335. The van der Waals surface area contributed by atoms with Crippen molar-refractivity contribution in [1.82, 2.24) is 5.32 Å². The Morgan fingerprint density at radius 1 is 1.15 bits per heavy atom. The fourth-order valence-electron chi connectivity index (χ4n) is 1.78. The van der Waals surface area contributed by atoms with Crippen LogP contribution in [0.1, 0.15) is 12.8 Å². The van der Waals surface area contributed by atoms with Crippen molar-refractivity contribution >= 4 is 15.7 Å². The summed E-state index contributed by atoms with van der Waals surface area (Å²) in [5, 5.41) is 3.18. The van der Waals surface area contributed by atoms with Gasteiger partial charge in [-0.1, -0.05) is 0 Å². The predicted octanol–water partition coefficient (Wildman–Crippen LogP) is 1.20. The van der Waals surface area contributed by atoms with Crippen LogP contribution in [0.15, 0.2) is 18.2 Å². The molecule has 6 nitrogen and oxygen atoms in total. The van der Waals surface area contributed by atoms with Gasteiger partial charge < -0.3 is 14.8 Å². The van der Waals surface area contributed by atoms with Crippen molar-refractivity contribution in [2.24, 2.45) is 0 Å². The first-order valence-electron chi connectivity index (χ1n) is 6.49. The lowest BCUT2D eigenvalue weighted by molar-refractivity contribution is 0.395. The van der Waals surface area contributed by atoms with Gasteiger partial charge in [-0.25, -0.2) is 8.42 Å². The summed E-state index contributed by atoms with van der Waals surface area (Å²) in [4.78, 5) is 0. The lowest BCUT2D eigenvalue weighted by Crippen LogP contribution is -2.28. The average molecular weight is 300 g/mol. The van der Waals surface area contributed by atoms with Crippen molar-refractivity contribution in [3.05, 3.63) is 18.2 Å². The molecule has 0 radical (unpaired) electrons. The van der Waals surface area contributed by atoms with Crippen molar-refractivity contribution < 1.29 is 17.9 Å². The Kier molecular flexibility index (Phi) is 4.72. The minimum atomic E-state index is -3.38. The second-order valence-corrected chi connectivity index (χ2v) is 6.59. The first-order chi connectivity index (χ1) is 9.52. The van der Waals surface area contributed by atoms with E-state index < -0.39 is 10.0 Å². The van der Waals surface area contributed by atoms with Crippen molar-refractivity contribution in [3.8, 4) is 11.5 Å². The van der Waals surface area contributed by atoms with Crippen LogP contribution in [-0.4, -0.2) is 41.0 Å². The summed E-state index contributed by atoms with van der Waals surface area (Å²) < 4.78 is 36.7. The fraction of sp³-hybridized carbons (Fsp3) is 0.538. The Morgan fingerprint density at radius 3 is 2.25 bits per heavy atom. The summed E-state index contributed by atoms with van der Waals surface area (Å²) in [6.45, 7) is 0.459. The minimum absolute atomic E-state index is 0.0447. The number of anilines is 1. The van der Waals surface area contributed by atoms with Crippen molar-refractivity contribution in [3.63, 3.8) is 0 Å². The van der Waals surface area contributed by atoms with E-state index in [0.29, 0.717) is 29.8 Å². The highest BCUT2D eigenvalue weighted by atomic mass is 32.2. The molecule has 0 aromatic heterocycles. The van der Waals surface area contributed by atoms with E-state index in [1.165, 1.54) is 14.2 Å². The number of nitrogens with one attached hydrogen (secondary N) is 2. The predicted molar refractivity (Wildman–Crippen MR) is 78.0 cm³/mol. The minimum Gasteiger partial charge on any atom is -0.497 e. The van der Waals surface area contributed by atoms with Gasteiger partial charge in [0.25, 0.3) is 0 Å². The van der Waals surface area contributed by atoms with Crippen LogP contribution in [0.25, 0.3) is 0 Å². The Hall–Kier alpha value is -1.47. The number of methoxy groups -OCH3 is 2.